The summed E-state index contributed by atoms with van der Waals surface area (Å²) in [4.78, 5) is 7.64. The van der Waals surface area contributed by atoms with Gasteiger partial charge in [-0.05, 0) is 93.5 Å². The molecule has 0 unspecified atom stereocenters. The van der Waals surface area contributed by atoms with E-state index in [9.17, 15) is 5.53 Å². The highest BCUT2D eigenvalue weighted by molar-refractivity contribution is 7.91. The molecule has 0 spiro atoms. The predicted octanol–water partition coefficient (Wildman–Crippen LogP) is 7.41. The first-order valence-corrected chi connectivity index (χ1v) is 12.7. The summed E-state index contributed by atoms with van der Waals surface area (Å²) in [6.45, 7) is 27.3. The Morgan fingerprint density at radius 1 is 0.577 bits per heavy atom. The Morgan fingerprint density at radius 3 is 1.04 bits per heavy atom. The van der Waals surface area contributed by atoms with E-state index in [1.54, 1.807) is 0 Å². The second-order valence-corrected chi connectivity index (χ2v) is 17.1. The molecule has 0 amide bonds. The molecule has 0 atom stereocenters. The smallest absolute Gasteiger partial charge is 0.146 e. The summed E-state index contributed by atoms with van der Waals surface area (Å²) in [7, 11) is -2.41. The topological polar surface area (TPSA) is 61.7 Å². The SMILES string of the molecule is CC(C)(C)N1P(N=[N+]=[N-])N(C(C)(C)C)P2N(C(C)(C)C)P1N2C(C)(C)C. The Kier molecular flexibility index (Phi) is 5.90. The molecule has 3 rings (SSSR count). The molecule has 2 bridgehead atoms. The summed E-state index contributed by atoms with van der Waals surface area (Å²) < 4.78 is 10.4. The van der Waals surface area contributed by atoms with Crippen LogP contribution in [0.3, 0.4) is 0 Å². The molecule has 7 nitrogen and oxygen atoms in total. The molecule has 0 radical (unpaired) electrons. The van der Waals surface area contributed by atoms with Crippen LogP contribution in [0.2, 0.25) is 0 Å². The highest BCUT2D eigenvalue weighted by Gasteiger charge is 2.70. The fourth-order valence-corrected chi connectivity index (χ4v) is 15.0. The molecule has 0 aromatic heterocycles. The van der Waals surface area contributed by atoms with Crippen LogP contribution in [-0.4, -0.2) is 39.9 Å². The van der Waals surface area contributed by atoms with E-state index in [0.29, 0.717) is 0 Å². The van der Waals surface area contributed by atoms with Gasteiger partial charge < -0.3 is 0 Å². The molecule has 26 heavy (non-hydrogen) atoms. The highest BCUT2D eigenvalue weighted by atomic mass is 31.3. The number of rotatable bonds is 1. The first kappa shape index (κ1) is 22.7. The largest absolute Gasteiger partial charge is 0.210 e. The summed E-state index contributed by atoms with van der Waals surface area (Å²) in [5.74, 6) is 0. The van der Waals surface area contributed by atoms with E-state index in [1.807, 2.05) is 0 Å². The van der Waals surface area contributed by atoms with Gasteiger partial charge in [-0.3, -0.25) is 0 Å². The van der Waals surface area contributed by atoms with Gasteiger partial charge in [0.1, 0.15) is 25.1 Å². The summed E-state index contributed by atoms with van der Waals surface area (Å²) in [5.41, 5.74) is 9.28. The molecule has 0 aliphatic carbocycles. The van der Waals surface area contributed by atoms with E-state index in [2.05, 4.69) is 111 Å². The maximum absolute atomic E-state index is 9.35. The summed E-state index contributed by atoms with van der Waals surface area (Å²) in [6.07, 6.45) is 0. The summed E-state index contributed by atoms with van der Waals surface area (Å²) in [5, 5.41) is 0. The Balaban J connectivity index is 2.74. The molecule has 3 aliphatic rings. The third-order valence-corrected chi connectivity index (χ3v) is 15.5. The van der Waals surface area contributed by atoms with Crippen molar-refractivity contribution in [3.05, 3.63) is 10.4 Å². The number of hydrogen-bond donors (Lipinski definition) is 0. The lowest BCUT2D eigenvalue weighted by Crippen LogP contribution is -2.65. The highest BCUT2D eigenvalue weighted by Crippen LogP contribution is 2.95. The molecule has 0 saturated carbocycles. The van der Waals surface area contributed by atoms with Crippen LogP contribution < -0.4 is 0 Å². The van der Waals surface area contributed by atoms with E-state index in [4.69, 9.17) is 0 Å². The van der Waals surface area contributed by atoms with Crippen LogP contribution in [0.5, 0.6) is 0 Å². The molecule has 150 valence electrons. The van der Waals surface area contributed by atoms with E-state index < -0.39 is 25.1 Å². The standard InChI is InChI=1S/C16H36N7P3/c1-13(2,3)20-24(19-18-17)21(14(4,5)6)26-22(15(7,8)9)25(20)23(26)16(10,11)12/h1-12H3. The zero-order chi connectivity index (χ0) is 20.5. The Bertz CT molecular complexity index is 541. The van der Waals surface area contributed by atoms with Crippen molar-refractivity contribution in [1.29, 1.82) is 0 Å². The van der Waals surface area contributed by atoms with Crippen molar-refractivity contribution in [3.63, 3.8) is 0 Å². The van der Waals surface area contributed by atoms with Crippen LogP contribution in [-0.2, 0) is 0 Å². The number of hydrogen-bond acceptors (Lipinski definition) is 5. The summed E-state index contributed by atoms with van der Waals surface area (Å²) in [6, 6.07) is 0. The first-order valence-electron chi connectivity index (χ1n) is 9.09. The molecule has 0 aromatic carbocycles. The second-order valence-electron chi connectivity index (χ2n) is 10.8. The first-order chi connectivity index (χ1) is 11.4. The monoisotopic (exact) mass is 419 g/mol. The molecule has 3 saturated heterocycles. The van der Waals surface area contributed by atoms with Gasteiger partial charge in [-0.25, -0.2) is 17.8 Å². The number of azide groups is 1. The van der Waals surface area contributed by atoms with Crippen LogP contribution in [0, 0.1) is 0 Å². The molecular weight excluding hydrogens is 383 g/mol. The van der Waals surface area contributed by atoms with Crippen LogP contribution >= 0.6 is 25.1 Å². The minimum absolute atomic E-state index is 0.0595. The normalized spacial score (nSPS) is 30.1. The van der Waals surface area contributed by atoms with E-state index in [-0.39, 0.29) is 22.2 Å². The number of nitrogens with zero attached hydrogens (tertiary/aromatic N) is 7. The maximum atomic E-state index is 9.35. The average Bonchev–Trinajstić information content (AvgIpc) is 2.31. The van der Waals surface area contributed by atoms with Crippen molar-refractivity contribution < 1.29 is 0 Å². The predicted molar refractivity (Wildman–Crippen MR) is 116 cm³/mol. The molecule has 3 aliphatic heterocycles. The Labute approximate surface area is 163 Å². The van der Waals surface area contributed by atoms with E-state index in [1.165, 1.54) is 0 Å². The molecule has 0 aromatic rings. The Hall–Kier alpha value is 0.440. The van der Waals surface area contributed by atoms with Crippen LogP contribution in [0.4, 0.5) is 0 Å². The van der Waals surface area contributed by atoms with Crippen molar-refractivity contribution in [1.82, 2.24) is 17.8 Å². The van der Waals surface area contributed by atoms with Gasteiger partial charge in [-0.1, -0.05) is 0 Å². The summed E-state index contributed by atoms with van der Waals surface area (Å²) >= 11 is 0. The second kappa shape index (κ2) is 6.75. The van der Waals surface area contributed by atoms with Gasteiger partial charge in [0, 0.05) is 27.1 Å². The minimum atomic E-state index is -1.06. The van der Waals surface area contributed by atoms with Crippen LogP contribution in [0.15, 0.2) is 4.88 Å². The van der Waals surface area contributed by atoms with Crippen molar-refractivity contribution in [2.45, 2.75) is 105 Å². The molecular formula is C16H36N7P3. The molecule has 0 N–H and O–H groups in total. The lowest BCUT2D eigenvalue weighted by atomic mass is 10.1. The lowest BCUT2D eigenvalue weighted by Gasteiger charge is -2.76. The zero-order valence-electron chi connectivity index (χ0n) is 18.5. The van der Waals surface area contributed by atoms with E-state index >= 15 is 0 Å². The molecule has 3 heterocycles. The van der Waals surface area contributed by atoms with Crippen LogP contribution in [0.1, 0.15) is 83.1 Å². The van der Waals surface area contributed by atoms with Gasteiger partial charge in [-0.2, -0.15) is 0 Å². The fraction of sp³-hybridized carbons (Fsp3) is 1.00. The van der Waals surface area contributed by atoms with Crippen molar-refractivity contribution in [3.8, 4) is 0 Å². The van der Waals surface area contributed by atoms with Crippen molar-refractivity contribution in [2.75, 3.05) is 0 Å². The minimum Gasteiger partial charge on any atom is -0.210 e. The number of fused-ring (bicyclic) bond motifs is 2. The van der Waals surface area contributed by atoms with Crippen molar-refractivity contribution in [2.24, 2.45) is 4.88 Å². The maximum Gasteiger partial charge on any atom is 0.146 e. The van der Waals surface area contributed by atoms with Gasteiger partial charge in [0.05, 0.1) is 0 Å². The molecule has 3 fully saturated rings. The van der Waals surface area contributed by atoms with Gasteiger partial charge in [0.15, 0.2) is 0 Å². The van der Waals surface area contributed by atoms with Crippen molar-refractivity contribution >= 4 is 25.1 Å². The molecule has 10 heteroatoms. The van der Waals surface area contributed by atoms with Crippen LogP contribution in [0.25, 0.3) is 10.4 Å². The van der Waals surface area contributed by atoms with E-state index in [0.717, 1.165) is 0 Å². The Morgan fingerprint density at radius 2 is 0.846 bits per heavy atom. The van der Waals surface area contributed by atoms with Gasteiger partial charge in [0.2, 0.25) is 0 Å². The lowest BCUT2D eigenvalue weighted by molar-refractivity contribution is 0.198. The fourth-order valence-electron chi connectivity index (χ4n) is 3.07. The quantitative estimate of drug-likeness (QED) is 0.192. The average molecular weight is 419 g/mol. The van der Waals surface area contributed by atoms with Gasteiger partial charge in [-0.15, -0.1) is 0 Å². The van der Waals surface area contributed by atoms with Gasteiger partial charge in [0.25, 0.3) is 0 Å². The third kappa shape index (κ3) is 3.80. The zero-order valence-corrected chi connectivity index (χ0v) is 21.2. The third-order valence-electron chi connectivity index (χ3n) is 3.88. The van der Waals surface area contributed by atoms with Gasteiger partial charge >= 0.3 is 0 Å².